The summed E-state index contributed by atoms with van der Waals surface area (Å²) in [5.74, 6) is 0.849. The molecule has 0 saturated heterocycles. The van der Waals surface area contributed by atoms with Gasteiger partial charge in [-0.05, 0) is 25.8 Å². The van der Waals surface area contributed by atoms with E-state index in [1.165, 1.54) is 32.1 Å². The number of hydrogen-bond donors (Lipinski definition) is 1. The van der Waals surface area contributed by atoms with Crippen molar-refractivity contribution < 1.29 is 0 Å². The first-order valence-electron chi connectivity index (χ1n) is 6.63. The maximum Gasteiger partial charge on any atom is 0.225 e. The third kappa shape index (κ3) is 2.94. The van der Waals surface area contributed by atoms with Crippen molar-refractivity contribution in [2.45, 2.75) is 51.6 Å². The van der Waals surface area contributed by atoms with Gasteiger partial charge in [-0.3, -0.25) is 0 Å². The van der Waals surface area contributed by atoms with Crippen LogP contribution in [0.5, 0.6) is 0 Å². The van der Waals surface area contributed by atoms with Crippen molar-refractivity contribution in [2.24, 2.45) is 5.73 Å². The van der Waals surface area contributed by atoms with Crippen molar-refractivity contribution >= 4 is 5.95 Å². The molecule has 0 aliphatic heterocycles. The first-order valence-corrected chi connectivity index (χ1v) is 6.63. The molecule has 94 valence electrons. The molecule has 2 rings (SSSR count). The van der Waals surface area contributed by atoms with Gasteiger partial charge in [0, 0.05) is 25.3 Å². The lowest BCUT2D eigenvalue weighted by molar-refractivity contribution is 0.414. The maximum absolute atomic E-state index is 5.63. The van der Waals surface area contributed by atoms with Crippen LogP contribution in [0.1, 0.15) is 44.7 Å². The highest BCUT2D eigenvalue weighted by atomic mass is 15.3. The van der Waals surface area contributed by atoms with Crippen LogP contribution < -0.4 is 10.6 Å². The van der Waals surface area contributed by atoms with Crippen LogP contribution in [0.25, 0.3) is 0 Å². The summed E-state index contributed by atoms with van der Waals surface area (Å²) in [4.78, 5) is 11.3. The number of aromatic nitrogens is 2. The van der Waals surface area contributed by atoms with Gasteiger partial charge in [0.1, 0.15) is 0 Å². The van der Waals surface area contributed by atoms with E-state index in [2.05, 4.69) is 21.8 Å². The summed E-state index contributed by atoms with van der Waals surface area (Å²) < 4.78 is 0. The Balaban J connectivity index is 2.15. The Kier molecular flexibility index (Phi) is 4.31. The second-order valence-electron chi connectivity index (χ2n) is 4.63. The van der Waals surface area contributed by atoms with Crippen LogP contribution in [-0.2, 0) is 6.54 Å². The Morgan fingerprint density at radius 1 is 1.35 bits per heavy atom. The molecule has 1 aliphatic carbocycles. The predicted molar refractivity (Wildman–Crippen MR) is 69.8 cm³/mol. The summed E-state index contributed by atoms with van der Waals surface area (Å²) in [7, 11) is 0. The smallest absolute Gasteiger partial charge is 0.225 e. The molecule has 0 radical (unpaired) electrons. The van der Waals surface area contributed by atoms with Gasteiger partial charge in [-0.1, -0.05) is 19.3 Å². The Hall–Kier alpha value is -1.16. The molecule has 0 amide bonds. The van der Waals surface area contributed by atoms with E-state index in [0.29, 0.717) is 12.6 Å². The maximum atomic E-state index is 5.63. The van der Waals surface area contributed by atoms with Crippen LogP contribution >= 0.6 is 0 Å². The molecule has 0 atom stereocenters. The largest absolute Gasteiger partial charge is 0.338 e. The van der Waals surface area contributed by atoms with Crippen LogP contribution in [0.15, 0.2) is 12.3 Å². The van der Waals surface area contributed by atoms with Gasteiger partial charge in [-0.15, -0.1) is 0 Å². The summed E-state index contributed by atoms with van der Waals surface area (Å²) >= 11 is 0. The lowest BCUT2D eigenvalue weighted by Gasteiger charge is -2.33. The third-order valence-corrected chi connectivity index (χ3v) is 3.52. The van der Waals surface area contributed by atoms with Crippen LogP contribution in [-0.4, -0.2) is 22.6 Å². The summed E-state index contributed by atoms with van der Waals surface area (Å²) in [5.41, 5.74) is 6.55. The minimum Gasteiger partial charge on any atom is -0.338 e. The van der Waals surface area contributed by atoms with Gasteiger partial charge in [0.15, 0.2) is 0 Å². The topological polar surface area (TPSA) is 55.0 Å². The highest BCUT2D eigenvalue weighted by Gasteiger charge is 2.21. The van der Waals surface area contributed by atoms with Gasteiger partial charge in [0.05, 0.1) is 5.69 Å². The van der Waals surface area contributed by atoms with E-state index in [9.17, 15) is 0 Å². The zero-order valence-corrected chi connectivity index (χ0v) is 10.6. The molecule has 0 bridgehead atoms. The number of rotatable bonds is 4. The average molecular weight is 234 g/mol. The predicted octanol–water partition coefficient (Wildman–Crippen LogP) is 2.09. The van der Waals surface area contributed by atoms with Crippen molar-refractivity contribution in [2.75, 3.05) is 11.4 Å². The highest BCUT2D eigenvalue weighted by molar-refractivity contribution is 5.32. The van der Waals surface area contributed by atoms with Gasteiger partial charge in [0.25, 0.3) is 0 Å². The van der Waals surface area contributed by atoms with Crippen molar-refractivity contribution in [1.29, 1.82) is 0 Å². The zero-order valence-electron chi connectivity index (χ0n) is 10.6. The van der Waals surface area contributed by atoms with E-state index in [0.717, 1.165) is 18.2 Å². The Bertz CT molecular complexity index is 347. The summed E-state index contributed by atoms with van der Waals surface area (Å²) in [6, 6.07) is 2.50. The molecule has 4 nitrogen and oxygen atoms in total. The van der Waals surface area contributed by atoms with Crippen LogP contribution in [0.4, 0.5) is 5.95 Å². The standard InChI is InChI=1S/C13H22N4/c1-2-17(12-6-4-3-5-7-12)13-15-9-8-11(10-14)16-13/h8-9,12H,2-7,10,14H2,1H3. The molecule has 2 N–H and O–H groups in total. The molecule has 1 heterocycles. The normalized spacial score (nSPS) is 17.1. The summed E-state index contributed by atoms with van der Waals surface area (Å²) in [5, 5.41) is 0. The highest BCUT2D eigenvalue weighted by Crippen LogP contribution is 2.25. The summed E-state index contributed by atoms with van der Waals surface area (Å²) in [6.07, 6.45) is 8.39. The van der Waals surface area contributed by atoms with Crippen molar-refractivity contribution in [1.82, 2.24) is 9.97 Å². The quantitative estimate of drug-likeness (QED) is 0.866. The second-order valence-corrected chi connectivity index (χ2v) is 4.63. The van der Waals surface area contributed by atoms with E-state index in [-0.39, 0.29) is 0 Å². The molecule has 0 unspecified atom stereocenters. The Morgan fingerprint density at radius 3 is 2.76 bits per heavy atom. The molecule has 1 aromatic rings. The first-order chi connectivity index (χ1) is 8.35. The molecular formula is C13H22N4. The SMILES string of the molecule is CCN(c1nccc(CN)n1)C1CCCCC1. The fourth-order valence-electron chi connectivity index (χ4n) is 2.59. The molecular weight excluding hydrogens is 212 g/mol. The molecule has 1 fully saturated rings. The molecule has 17 heavy (non-hydrogen) atoms. The Morgan fingerprint density at radius 2 is 2.12 bits per heavy atom. The lowest BCUT2D eigenvalue weighted by Crippen LogP contribution is -2.38. The molecule has 1 saturated carbocycles. The van der Waals surface area contributed by atoms with Crippen LogP contribution in [0, 0.1) is 0 Å². The van der Waals surface area contributed by atoms with E-state index < -0.39 is 0 Å². The van der Waals surface area contributed by atoms with Gasteiger partial charge >= 0.3 is 0 Å². The molecule has 1 aliphatic rings. The van der Waals surface area contributed by atoms with Gasteiger partial charge in [0.2, 0.25) is 5.95 Å². The van der Waals surface area contributed by atoms with Crippen molar-refractivity contribution in [3.63, 3.8) is 0 Å². The number of nitrogens with zero attached hydrogens (tertiary/aromatic N) is 3. The zero-order chi connectivity index (χ0) is 12.1. The van der Waals surface area contributed by atoms with E-state index in [4.69, 9.17) is 5.73 Å². The number of nitrogens with two attached hydrogens (primary N) is 1. The van der Waals surface area contributed by atoms with E-state index >= 15 is 0 Å². The number of hydrogen-bond acceptors (Lipinski definition) is 4. The van der Waals surface area contributed by atoms with Crippen molar-refractivity contribution in [3.05, 3.63) is 18.0 Å². The minimum absolute atomic E-state index is 0.484. The van der Waals surface area contributed by atoms with Crippen LogP contribution in [0.3, 0.4) is 0 Å². The average Bonchev–Trinajstić information content (AvgIpc) is 2.41. The van der Waals surface area contributed by atoms with Crippen molar-refractivity contribution in [3.8, 4) is 0 Å². The van der Waals surface area contributed by atoms with E-state index in [1.54, 1.807) is 0 Å². The van der Waals surface area contributed by atoms with Gasteiger partial charge in [-0.25, -0.2) is 9.97 Å². The fraction of sp³-hybridized carbons (Fsp3) is 0.692. The van der Waals surface area contributed by atoms with E-state index in [1.807, 2.05) is 12.3 Å². The van der Waals surface area contributed by atoms with Crippen LogP contribution in [0.2, 0.25) is 0 Å². The first kappa shape index (κ1) is 12.3. The monoisotopic (exact) mass is 234 g/mol. The Labute approximate surface area is 103 Å². The summed E-state index contributed by atoms with van der Waals surface area (Å²) in [6.45, 7) is 3.63. The second kappa shape index (κ2) is 5.96. The molecule has 1 aromatic heterocycles. The minimum atomic E-state index is 0.484. The fourth-order valence-corrected chi connectivity index (χ4v) is 2.59. The molecule has 4 heteroatoms. The third-order valence-electron chi connectivity index (χ3n) is 3.52. The molecule has 0 aromatic carbocycles. The lowest BCUT2D eigenvalue weighted by atomic mass is 9.94. The number of anilines is 1. The van der Waals surface area contributed by atoms with Gasteiger partial charge < -0.3 is 10.6 Å². The molecule has 0 spiro atoms. The van der Waals surface area contributed by atoms with Gasteiger partial charge in [-0.2, -0.15) is 0 Å².